The van der Waals surface area contributed by atoms with Gasteiger partial charge in [0.05, 0.1) is 11.9 Å². The smallest absolute Gasteiger partial charge is 0.272 e. The van der Waals surface area contributed by atoms with E-state index in [0.717, 1.165) is 23.6 Å². The highest BCUT2D eigenvalue weighted by molar-refractivity contribution is 9.10. The van der Waals surface area contributed by atoms with Gasteiger partial charge in [0.25, 0.3) is 10.0 Å². The Balaban J connectivity index is 2.30. The maximum atomic E-state index is 12.6. The largest absolute Gasteiger partial charge is 0.277 e. The van der Waals surface area contributed by atoms with E-state index < -0.39 is 16.0 Å². The molecule has 0 radical (unpaired) electrons. The molecule has 0 aliphatic heterocycles. The monoisotopic (exact) mass is 336 g/mol. The SMILES string of the molecule is O=S(=O)(Nc1ccc(F)nc1)c1sccc1Br. The van der Waals surface area contributed by atoms with Gasteiger partial charge in [-0.3, -0.25) is 4.72 Å². The van der Waals surface area contributed by atoms with Crippen molar-refractivity contribution in [3.63, 3.8) is 0 Å². The topological polar surface area (TPSA) is 59.1 Å². The van der Waals surface area contributed by atoms with Crippen LogP contribution in [-0.4, -0.2) is 13.4 Å². The Bertz CT molecular complexity index is 625. The molecule has 2 aromatic heterocycles. The summed E-state index contributed by atoms with van der Waals surface area (Å²) in [7, 11) is -3.65. The summed E-state index contributed by atoms with van der Waals surface area (Å²) in [5.74, 6) is -0.662. The predicted molar refractivity (Wildman–Crippen MR) is 67.0 cm³/mol. The normalized spacial score (nSPS) is 11.4. The highest BCUT2D eigenvalue weighted by atomic mass is 79.9. The van der Waals surface area contributed by atoms with Gasteiger partial charge in [-0.05, 0) is 39.5 Å². The molecule has 0 aliphatic rings. The molecule has 0 atom stereocenters. The molecular formula is C9H6BrFN2O2S2. The summed E-state index contributed by atoms with van der Waals surface area (Å²) in [5.41, 5.74) is 0.215. The third-order valence-electron chi connectivity index (χ3n) is 1.81. The van der Waals surface area contributed by atoms with E-state index in [1.165, 1.54) is 6.07 Å². The van der Waals surface area contributed by atoms with Crippen molar-refractivity contribution in [2.75, 3.05) is 4.72 Å². The van der Waals surface area contributed by atoms with Crippen molar-refractivity contribution >= 4 is 43.0 Å². The highest BCUT2D eigenvalue weighted by Crippen LogP contribution is 2.29. The number of aromatic nitrogens is 1. The zero-order valence-electron chi connectivity index (χ0n) is 8.22. The predicted octanol–water partition coefficient (Wildman–Crippen LogP) is 2.85. The third-order valence-corrected chi connectivity index (χ3v) is 5.86. The van der Waals surface area contributed by atoms with Crippen LogP contribution in [0.15, 0.2) is 38.5 Å². The van der Waals surface area contributed by atoms with Crippen LogP contribution >= 0.6 is 27.3 Å². The molecule has 0 fully saturated rings. The fraction of sp³-hybridized carbons (Fsp3) is 0. The molecule has 17 heavy (non-hydrogen) atoms. The first kappa shape index (κ1) is 12.5. The van der Waals surface area contributed by atoms with Crippen molar-refractivity contribution in [2.24, 2.45) is 0 Å². The average molecular weight is 337 g/mol. The average Bonchev–Trinajstić information content (AvgIpc) is 2.68. The molecule has 0 aromatic carbocycles. The quantitative estimate of drug-likeness (QED) is 0.876. The number of halogens is 2. The number of hydrogen-bond acceptors (Lipinski definition) is 4. The summed E-state index contributed by atoms with van der Waals surface area (Å²) >= 11 is 4.23. The van der Waals surface area contributed by atoms with E-state index in [-0.39, 0.29) is 9.90 Å². The molecule has 0 unspecified atom stereocenters. The lowest BCUT2D eigenvalue weighted by molar-refractivity contribution is 0.583. The second-order valence-corrected chi connectivity index (χ2v) is 6.68. The van der Waals surface area contributed by atoms with Gasteiger partial charge in [-0.2, -0.15) is 4.39 Å². The van der Waals surface area contributed by atoms with Crippen LogP contribution in [0.5, 0.6) is 0 Å². The second-order valence-electron chi connectivity index (χ2n) is 3.03. The van der Waals surface area contributed by atoms with Gasteiger partial charge in [-0.25, -0.2) is 13.4 Å². The minimum absolute atomic E-state index is 0.168. The lowest BCUT2D eigenvalue weighted by Crippen LogP contribution is -2.12. The first-order valence-electron chi connectivity index (χ1n) is 4.36. The van der Waals surface area contributed by atoms with E-state index in [4.69, 9.17) is 0 Å². The Morgan fingerprint density at radius 1 is 1.35 bits per heavy atom. The summed E-state index contributed by atoms with van der Waals surface area (Å²) in [6.45, 7) is 0. The third kappa shape index (κ3) is 2.82. The number of sulfonamides is 1. The lowest BCUT2D eigenvalue weighted by atomic mass is 10.4. The van der Waals surface area contributed by atoms with Gasteiger partial charge in [-0.15, -0.1) is 11.3 Å². The van der Waals surface area contributed by atoms with Crippen molar-refractivity contribution in [3.05, 3.63) is 40.2 Å². The van der Waals surface area contributed by atoms with Gasteiger partial charge in [-0.1, -0.05) is 0 Å². The minimum Gasteiger partial charge on any atom is -0.277 e. The molecule has 0 aliphatic carbocycles. The fourth-order valence-corrected chi connectivity index (χ4v) is 4.49. The summed E-state index contributed by atoms with van der Waals surface area (Å²) < 4.78 is 39.4. The van der Waals surface area contributed by atoms with Crippen molar-refractivity contribution < 1.29 is 12.8 Å². The van der Waals surface area contributed by atoms with Gasteiger partial charge >= 0.3 is 0 Å². The van der Waals surface area contributed by atoms with Crippen LogP contribution < -0.4 is 4.72 Å². The Hall–Kier alpha value is -0.990. The molecule has 90 valence electrons. The molecule has 0 spiro atoms. The zero-order valence-corrected chi connectivity index (χ0v) is 11.4. The van der Waals surface area contributed by atoms with Gasteiger partial charge < -0.3 is 0 Å². The molecule has 8 heteroatoms. The molecule has 0 saturated heterocycles. The van der Waals surface area contributed by atoms with E-state index in [2.05, 4.69) is 25.6 Å². The Morgan fingerprint density at radius 3 is 2.65 bits per heavy atom. The summed E-state index contributed by atoms with van der Waals surface area (Å²) in [4.78, 5) is 3.37. The highest BCUT2D eigenvalue weighted by Gasteiger charge is 2.19. The summed E-state index contributed by atoms with van der Waals surface area (Å²) in [5, 5.41) is 1.65. The number of thiophene rings is 1. The maximum Gasteiger partial charge on any atom is 0.272 e. The van der Waals surface area contributed by atoms with Crippen LogP contribution in [-0.2, 0) is 10.0 Å². The number of hydrogen-bond donors (Lipinski definition) is 1. The first-order valence-corrected chi connectivity index (χ1v) is 7.52. The van der Waals surface area contributed by atoms with Crippen molar-refractivity contribution in [2.45, 2.75) is 4.21 Å². The zero-order chi connectivity index (χ0) is 12.5. The number of anilines is 1. The number of pyridine rings is 1. The molecule has 2 heterocycles. The molecular weight excluding hydrogens is 331 g/mol. The van der Waals surface area contributed by atoms with E-state index in [9.17, 15) is 12.8 Å². The minimum atomic E-state index is -3.65. The van der Waals surface area contributed by atoms with Crippen LogP contribution in [0.3, 0.4) is 0 Å². The fourth-order valence-electron chi connectivity index (χ4n) is 1.11. The number of nitrogens with zero attached hydrogens (tertiary/aromatic N) is 1. The van der Waals surface area contributed by atoms with E-state index in [1.807, 2.05) is 0 Å². The van der Waals surface area contributed by atoms with Gasteiger partial charge in [0.1, 0.15) is 0 Å². The second kappa shape index (κ2) is 4.71. The van der Waals surface area contributed by atoms with E-state index in [0.29, 0.717) is 4.47 Å². The molecule has 4 nitrogen and oxygen atoms in total. The summed E-state index contributed by atoms with van der Waals surface area (Å²) in [6.07, 6.45) is 1.12. The maximum absolute atomic E-state index is 12.6. The van der Waals surface area contributed by atoms with Gasteiger partial charge in [0.15, 0.2) is 4.21 Å². The first-order chi connectivity index (χ1) is 7.99. The molecule has 0 saturated carbocycles. The standard InChI is InChI=1S/C9H6BrFN2O2S2/c10-7-3-4-16-9(7)17(14,15)13-6-1-2-8(11)12-5-6/h1-5,13H. The van der Waals surface area contributed by atoms with Gasteiger partial charge in [0.2, 0.25) is 5.95 Å². The lowest BCUT2D eigenvalue weighted by Gasteiger charge is -2.05. The Morgan fingerprint density at radius 2 is 2.12 bits per heavy atom. The van der Waals surface area contributed by atoms with Gasteiger partial charge in [0, 0.05) is 4.47 Å². The van der Waals surface area contributed by atoms with Crippen LogP contribution in [0.4, 0.5) is 10.1 Å². The van der Waals surface area contributed by atoms with Crippen LogP contribution in [0.25, 0.3) is 0 Å². The van der Waals surface area contributed by atoms with Crippen LogP contribution in [0.1, 0.15) is 0 Å². The van der Waals surface area contributed by atoms with E-state index >= 15 is 0 Å². The van der Waals surface area contributed by atoms with Crippen LogP contribution in [0.2, 0.25) is 0 Å². The number of rotatable bonds is 3. The Labute approximate surface area is 110 Å². The molecule has 0 bridgehead atoms. The molecule has 2 aromatic rings. The Kier molecular flexibility index (Phi) is 3.45. The van der Waals surface area contributed by atoms with Crippen molar-refractivity contribution in [1.82, 2.24) is 4.98 Å². The molecule has 2 rings (SSSR count). The summed E-state index contributed by atoms with van der Waals surface area (Å²) in [6, 6.07) is 4.03. The van der Waals surface area contributed by atoms with E-state index in [1.54, 1.807) is 11.4 Å². The van der Waals surface area contributed by atoms with Crippen molar-refractivity contribution in [1.29, 1.82) is 0 Å². The number of nitrogens with one attached hydrogen (secondary N) is 1. The van der Waals surface area contributed by atoms with Crippen LogP contribution in [0, 0.1) is 5.95 Å². The molecule has 0 amide bonds. The molecule has 1 N–H and O–H groups in total. The van der Waals surface area contributed by atoms with Crippen molar-refractivity contribution in [3.8, 4) is 0 Å².